The van der Waals surface area contributed by atoms with Crippen molar-refractivity contribution in [3.8, 4) is 0 Å². The molecule has 3 rings (SSSR count). The fourth-order valence-electron chi connectivity index (χ4n) is 2.45. The number of hydrogen-bond acceptors (Lipinski definition) is 7. The number of esters is 1. The van der Waals surface area contributed by atoms with E-state index in [1.54, 1.807) is 31.5 Å². The van der Waals surface area contributed by atoms with E-state index >= 15 is 0 Å². The Morgan fingerprint density at radius 3 is 2.52 bits per heavy atom. The Morgan fingerprint density at radius 1 is 1.07 bits per heavy atom. The van der Waals surface area contributed by atoms with Crippen molar-refractivity contribution < 1.29 is 9.53 Å². The summed E-state index contributed by atoms with van der Waals surface area (Å²) >= 11 is 0. The molecule has 0 aliphatic rings. The number of ether oxygens (including phenoxy) is 1. The third kappa shape index (κ3) is 5.24. The van der Waals surface area contributed by atoms with E-state index in [-0.39, 0.29) is 5.97 Å². The Bertz CT molecular complexity index is 898. The van der Waals surface area contributed by atoms with E-state index in [1.165, 1.54) is 0 Å². The maximum Gasteiger partial charge on any atom is 0.338 e. The van der Waals surface area contributed by atoms with Crippen LogP contribution in [0.5, 0.6) is 0 Å². The zero-order valence-corrected chi connectivity index (χ0v) is 15.3. The topological polar surface area (TPSA) is 89.0 Å². The molecule has 0 aliphatic carbocycles. The lowest BCUT2D eigenvalue weighted by atomic mass is 10.2. The van der Waals surface area contributed by atoms with E-state index in [9.17, 15) is 4.79 Å². The third-order valence-corrected chi connectivity index (χ3v) is 3.72. The lowest BCUT2D eigenvalue weighted by Gasteiger charge is -2.10. The number of carbonyl (C=O) groups is 1. The lowest BCUT2D eigenvalue weighted by molar-refractivity contribution is 0.0526. The van der Waals surface area contributed by atoms with Crippen LogP contribution in [-0.2, 0) is 11.3 Å². The van der Waals surface area contributed by atoms with Crippen molar-refractivity contribution in [3.63, 3.8) is 0 Å². The van der Waals surface area contributed by atoms with Gasteiger partial charge in [0.2, 0.25) is 5.95 Å². The van der Waals surface area contributed by atoms with Gasteiger partial charge in [0.1, 0.15) is 5.82 Å². The zero-order chi connectivity index (χ0) is 19.1. The highest BCUT2D eigenvalue weighted by Crippen LogP contribution is 2.18. The van der Waals surface area contributed by atoms with Crippen LogP contribution in [0.2, 0.25) is 0 Å². The van der Waals surface area contributed by atoms with Gasteiger partial charge >= 0.3 is 5.97 Å². The molecule has 0 aliphatic heterocycles. The summed E-state index contributed by atoms with van der Waals surface area (Å²) in [6, 6.07) is 12.8. The first kappa shape index (κ1) is 18.3. The summed E-state index contributed by atoms with van der Waals surface area (Å²) in [7, 11) is 0. The molecule has 0 saturated carbocycles. The second kappa shape index (κ2) is 8.75. The van der Waals surface area contributed by atoms with E-state index in [4.69, 9.17) is 4.74 Å². The fourth-order valence-corrected chi connectivity index (χ4v) is 2.45. The fraction of sp³-hybridized carbons (Fsp3) is 0.200. The maximum atomic E-state index is 11.7. The number of aromatic nitrogens is 3. The van der Waals surface area contributed by atoms with Crippen LogP contribution < -0.4 is 10.6 Å². The van der Waals surface area contributed by atoms with Crippen LogP contribution in [0.15, 0.2) is 54.9 Å². The summed E-state index contributed by atoms with van der Waals surface area (Å²) in [6.45, 7) is 4.66. The Labute approximate surface area is 157 Å². The molecule has 0 radical (unpaired) electrons. The average Bonchev–Trinajstić information content (AvgIpc) is 2.67. The monoisotopic (exact) mass is 363 g/mol. The summed E-state index contributed by atoms with van der Waals surface area (Å²) in [5.74, 6) is 0.880. The summed E-state index contributed by atoms with van der Waals surface area (Å²) in [6.07, 6.45) is 3.50. The molecule has 0 bridgehead atoms. The number of rotatable bonds is 7. The van der Waals surface area contributed by atoms with Crippen molar-refractivity contribution in [2.45, 2.75) is 20.4 Å². The molecule has 0 amide bonds. The van der Waals surface area contributed by atoms with Gasteiger partial charge in [-0.3, -0.25) is 4.98 Å². The smallest absolute Gasteiger partial charge is 0.338 e. The molecule has 7 heteroatoms. The van der Waals surface area contributed by atoms with Gasteiger partial charge in [-0.15, -0.1) is 0 Å². The van der Waals surface area contributed by atoms with Gasteiger partial charge in [-0.25, -0.2) is 9.78 Å². The van der Waals surface area contributed by atoms with Crippen LogP contribution in [0, 0.1) is 6.92 Å². The molecule has 0 spiro atoms. The second-order valence-electron chi connectivity index (χ2n) is 5.85. The Morgan fingerprint density at radius 2 is 1.81 bits per heavy atom. The predicted molar refractivity (Wildman–Crippen MR) is 104 cm³/mol. The van der Waals surface area contributed by atoms with Crippen molar-refractivity contribution >= 4 is 23.4 Å². The number of nitrogens with one attached hydrogen (secondary N) is 2. The Balaban J connectivity index is 1.68. The highest BCUT2D eigenvalue weighted by Gasteiger charge is 2.07. The maximum absolute atomic E-state index is 11.7. The largest absolute Gasteiger partial charge is 0.462 e. The van der Waals surface area contributed by atoms with Crippen LogP contribution in [0.1, 0.15) is 28.5 Å². The molecule has 1 aromatic carbocycles. The van der Waals surface area contributed by atoms with E-state index in [2.05, 4.69) is 25.6 Å². The van der Waals surface area contributed by atoms with Crippen molar-refractivity contribution in [1.82, 2.24) is 15.0 Å². The number of carbonyl (C=O) groups excluding carboxylic acids is 1. The Hall–Kier alpha value is -3.48. The van der Waals surface area contributed by atoms with Gasteiger partial charge < -0.3 is 15.4 Å². The van der Waals surface area contributed by atoms with Gasteiger partial charge in [-0.1, -0.05) is 0 Å². The molecule has 0 fully saturated rings. The van der Waals surface area contributed by atoms with Crippen LogP contribution in [0.4, 0.5) is 17.5 Å². The van der Waals surface area contributed by atoms with Gasteiger partial charge in [-0.2, -0.15) is 4.98 Å². The number of nitrogens with zero attached hydrogens (tertiary/aromatic N) is 3. The number of anilines is 3. The van der Waals surface area contributed by atoms with Crippen molar-refractivity contribution in [2.24, 2.45) is 0 Å². The minimum Gasteiger partial charge on any atom is -0.462 e. The molecule has 2 aromatic heterocycles. The normalized spacial score (nSPS) is 10.3. The molecule has 7 nitrogen and oxygen atoms in total. The molecule has 2 N–H and O–H groups in total. The van der Waals surface area contributed by atoms with Gasteiger partial charge in [0.25, 0.3) is 0 Å². The van der Waals surface area contributed by atoms with E-state index in [1.807, 2.05) is 37.3 Å². The van der Waals surface area contributed by atoms with Gasteiger partial charge in [0.05, 0.1) is 12.2 Å². The Kier molecular flexibility index (Phi) is 5.94. The van der Waals surface area contributed by atoms with Crippen LogP contribution in [-0.4, -0.2) is 27.5 Å². The van der Waals surface area contributed by atoms with Crippen LogP contribution in [0.3, 0.4) is 0 Å². The summed E-state index contributed by atoms with van der Waals surface area (Å²) in [5, 5.41) is 6.44. The minimum atomic E-state index is -0.329. The van der Waals surface area contributed by atoms with E-state index in [0.717, 1.165) is 16.9 Å². The number of aryl methyl sites for hydroxylation is 1. The number of benzene rings is 1. The van der Waals surface area contributed by atoms with E-state index < -0.39 is 0 Å². The predicted octanol–water partition coefficient (Wildman–Crippen LogP) is 3.71. The standard InChI is InChI=1S/C20H21N5O2/c1-3-27-19(26)16-4-6-17(7-5-16)24-18-12-14(2)23-20(25-18)22-13-15-8-10-21-11-9-15/h4-12H,3,13H2,1-2H3,(H2,22,23,24,25). The molecule has 0 saturated heterocycles. The molecule has 3 aromatic rings. The third-order valence-electron chi connectivity index (χ3n) is 3.72. The van der Waals surface area contributed by atoms with Gasteiger partial charge in [-0.05, 0) is 55.8 Å². The SMILES string of the molecule is CCOC(=O)c1ccc(Nc2cc(C)nc(NCc3ccncc3)n2)cc1. The molecular formula is C20H21N5O2. The molecule has 2 heterocycles. The number of hydrogen-bond donors (Lipinski definition) is 2. The van der Waals surface area contributed by atoms with Crippen LogP contribution in [0.25, 0.3) is 0 Å². The first-order valence-corrected chi connectivity index (χ1v) is 8.66. The van der Waals surface area contributed by atoms with Gasteiger partial charge in [0, 0.05) is 36.4 Å². The molecule has 138 valence electrons. The molecule has 0 atom stereocenters. The second-order valence-corrected chi connectivity index (χ2v) is 5.85. The minimum absolute atomic E-state index is 0.329. The van der Waals surface area contributed by atoms with Gasteiger partial charge in [0.15, 0.2) is 0 Å². The molecule has 27 heavy (non-hydrogen) atoms. The van der Waals surface area contributed by atoms with E-state index in [0.29, 0.717) is 30.5 Å². The number of pyridine rings is 1. The highest BCUT2D eigenvalue weighted by molar-refractivity contribution is 5.89. The summed E-state index contributed by atoms with van der Waals surface area (Å²) in [5.41, 5.74) is 3.27. The summed E-state index contributed by atoms with van der Waals surface area (Å²) in [4.78, 5) is 24.6. The quantitative estimate of drug-likeness (QED) is 0.619. The highest BCUT2D eigenvalue weighted by atomic mass is 16.5. The molecular weight excluding hydrogens is 342 g/mol. The molecule has 0 unspecified atom stereocenters. The van der Waals surface area contributed by atoms with Crippen LogP contribution >= 0.6 is 0 Å². The van der Waals surface area contributed by atoms with Crippen molar-refractivity contribution in [1.29, 1.82) is 0 Å². The first-order valence-electron chi connectivity index (χ1n) is 8.66. The average molecular weight is 363 g/mol. The zero-order valence-electron chi connectivity index (χ0n) is 15.3. The lowest BCUT2D eigenvalue weighted by Crippen LogP contribution is -2.07. The van der Waals surface area contributed by atoms with Crippen molar-refractivity contribution in [3.05, 3.63) is 71.7 Å². The first-order chi connectivity index (χ1) is 13.1. The summed E-state index contributed by atoms with van der Waals surface area (Å²) < 4.78 is 4.99. The van der Waals surface area contributed by atoms with Crippen molar-refractivity contribution in [2.75, 3.05) is 17.2 Å².